The van der Waals surface area contributed by atoms with Gasteiger partial charge < -0.3 is 15.0 Å². The Morgan fingerprint density at radius 1 is 1.00 bits per heavy atom. The molecule has 0 radical (unpaired) electrons. The van der Waals surface area contributed by atoms with Crippen molar-refractivity contribution < 1.29 is 9.53 Å². The third kappa shape index (κ3) is 4.97. The van der Waals surface area contributed by atoms with Crippen LogP contribution in [0.3, 0.4) is 0 Å². The second-order valence-corrected chi connectivity index (χ2v) is 8.18. The zero-order valence-corrected chi connectivity index (χ0v) is 18.0. The summed E-state index contributed by atoms with van der Waals surface area (Å²) in [6.45, 7) is 1.91. The second kappa shape index (κ2) is 9.54. The number of benzene rings is 2. The first-order chi connectivity index (χ1) is 14.6. The number of ether oxygens (including phenoxy) is 1. The molecule has 1 saturated heterocycles. The Labute approximate surface area is 185 Å². The summed E-state index contributed by atoms with van der Waals surface area (Å²) in [4.78, 5) is 19.5. The Kier molecular flexibility index (Phi) is 6.60. The Bertz CT molecular complexity index is 1050. The van der Waals surface area contributed by atoms with Gasteiger partial charge in [-0.3, -0.25) is 4.79 Å². The fourth-order valence-corrected chi connectivity index (χ4v) is 3.91. The Morgan fingerprint density at radius 2 is 1.80 bits per heavy atom. The van der Waals surface area contributed by atoms with E-state index < -0.39 is 0 Å². The third-order valence-electron chi connectivity index (χ3n) is 5.16. The van der Waals surface area contributed by atoms with Crippen molar-refractivity contribution in [2.24, 2.45) is 0 Å². The largest absolute Gasteiger partial charge is 0.481 e. The van der Waals surface area contributed by atoms with Gasteiger partial charge in [0, 0.05) is 24.2 Å². The molecule has 1 amide bonds. The van der Waals surface area contributed by atoms with Crippen LogP contribution in [0.2, 0.25) is 10.0 Å². The van der Waals surface area contributed by atoms with Crippen LogP contribution in [0.15, 0.2) is 48.5 Å². The number of anilines is 2. The number of nitrogens with one attached hydrogen (secondary N) is 1. The van der Waals surface area contributed by atoms with Gasteiger partial charge in [0.2, 0.25) is 0 Å². The van der Waals surface area contributed by atoms with Crippen molar-refractivity contribution >= 4 is 51.5 Å². The molecule has 30 heavy (non-hydrogen) atoms. The first-order valence-electron chi connectivity index (χ1n) is 10.1. The van der Waals surface area contributed by atoms with E-state index in [1.165, 1.54) is 25.7 Å². The number of amides is 1. The Morgan fingerprint density at radius 3 is 2.57 bits per heavy atom. The second-order valence-electron chi connectivity index (χ2n) is 7.36. The number of pyridine rings is 1. The molecule has 7 heteroatoms. The van der Waals surface area contributed by atoms with E-state index in [1.54, 1.807) is 18.2 Å². The zero-order chi connectivity index (χ0) is 20.9. The molecule has 0 bridgehead atoms. The van der Waals surface area contributed by atoms with E-state index in [0.717, 1.165) is 29.8 Å². The molecule has 0 atom stereocenters. The predicted octanol–water partition coefficient (Wildman–Crippen LogP) is 5.94. The smallest absolute Gasteiger partial charge is 0.262 e. The van der Waals surface area contributed by atoms with Crippen LogP contribution in [0.1, 0.15) is 25.7 Å². The van der Waals surface area contributed by atoms with E-state index in [-0.39, 0.29) is 12.5 Å². The van der Waals surface area contributed by atoms with Crippen LogP contribution < -0.4 is 15.0 Å². The Hall–Kier alpha value is -2.50. The average Bonchev–Trinajstić information content (AvgIpc) is 3.04. The van der Waals surface area contributed by atoms with Crippen molar-refractivity contribution in [3.05, 3.63) is 58.6 Å². The number of carbonyl (C=O) groups excluding carboxylic acids is 1. The first kappa shape index (κ1) is 20.8. The molecule has 1 aromatic heterocycles. The van der Waals surface area contributed by atoms with Crippen LogP contribution in [-0.4, -0.2) is 30.6 Å². The molecule has 1 fully saturated rings. The number of halogens is 2. The number of hydrogen-bond donors (Lipinski definition) is 1. The van der Waals surface area contributed by atoms with Gasteiger partial charge in [0.1, 0.15) is 17.1 Å². The summed E-state index contributed by atoms with van der Waals surface area (Å²) in [5.74, 6) is 1.27. The van der Waals surface area contributed by atoms with Crippen LogP contribution in [0, 0.1) is 0 Å². The summed E-state index contributed by atoms with van der Waals surface area (Å²) >= 11 is 11.9. The van der Waals surface area contributed by atoms with E-state index >= 15 is 0 Å². The average molecular weight is 444 g/mol. The normalized spacial score (nSPS) is 14.4. The maximum Gasteiger partial charge on any atom is 0.262 e. The number of fused-ring (bicyclic) bond motifs is 1. The summed E-state index contributed by atoms with van der Waals surface area (Å²) in [7, 11) is 0. The van der Waals surface area contributed by atoms with Gasteiger partial charge in [-0.2, -0.15) is 0 Å². The highest BCUT2D eigenvalue weighted by molar-refractivity contribution is 6.42. The number of rotatable bonds is 5. The van der Waals surface area contributed by atoms with Crippen molar-refractivity contribution in [1.82, 2.24) is 4.98 Å². The monoisotopic (exact) mass is 443 g/mol. The zero-order valence-electron chi connectivity index (χ0n) is 16.5. The minimum Gasteiger partial charge on any atom is -0.481 e. The van der Waals surface area contributed by atoms with Crippen LogP contribution >= 0.6 is 23.2 Å². The standard InChI is InChI=1S/C23H23Cl2N3O2/c24-18-10-9-17(14-19(18)25)26-22(29)15-30-20-7-5-6-16-8-11-21(27-23(16)20)28-12-3-1-2-4-13-28/h5-11,14H,1-4,12-13,15H2,(H,26,29). The molecular weight excluding hydrogens is 421 g/mol. The highest BCUT2D eigenvalue weighted by atomic mass is 35.5. The lowest BCUT2D eigenvalue weighted by atomic mass is 10.2. The van der Waals surface area contributed by atoms with E-state index in [4.69, 9.17) is 32.9 Å². The number of carbonyl (C=O) groups is 1. The Balaban J connectivity index is 1.48. The lowest BCUT2D eigenvalue weighted by Gasteiger charge is -2.22. The molecule has 0 saturated carbocycles. The minimum atomic E-state index is -0.283. The van der Waals surface area contributed by atoms with Crippen LogP contribution in [0.4, 0.5) is 11.5 Å². The van der Waals surface area contributed by atoms with Crippen molar-refractivity contribution in [2.75, 3.05) is 29.9 Å². The quantitative estimate of drug-likeness (QED) is 0.529. The fourth-order valence-electron chi connectivity index (χ4n) is 3.62. The van der Waals surface area contributed by atoms with Gasteiger partial charge in [-0.1, -0.05) is 48.2 Å². The van der Waals surface area contributed by atoms with Gasteiger partial charge in [0.15, 0.2) is 6.61 Å². The molecule has 2 aromatic carbocycles. The van der Waals surface area contributed by atoms with E-state index in [0.29, 0.717) is 21.5 Å². The summed E-state index contributed by atoms with van der Waals surface area (Å²) in [6.07, 6.45) is 4.91. The van der Waals surface area contributed by atoms with Gasteiger partial charge in [-0.15, -0.1) is 0 Å². The fraction of sp³-hybridized carbons (Fsp3) is 0.304. The lowest BCUT2D eigenvalue weighted by Crippen LogP contribution is -2.24. The predicted molar refractivity (Wildman–Crippen MR) is 123 cm³/mol. The third-order valence-corrected chi connectivity index (χ3v) is 5.90. The van der Waals surface area contributed by atoms with Gasteiger partial charge in [0.05, 0.1) is 10.0 Å². The van der Waals surface area contributed by atoms with E-state index in [9.17, 15) is 4.79 Å². The number of para-hydroxylation sites is 1. The van der Waals surface area contributed by atoms with Crippen molar-refractivity contribution in [1.29, 1.82) is 0 Å². The number of nitrogens with zero attached hydrogens (tertiary/aromatic N) is 2. The molecule has 0 unspecified atom stereocenters. The van der Waals surface area contributed by atoms with Crippen LogP contribution in [0.25, 0.3) is 10.9 Å². The van der Waals surface area contributed by atoms with E-state index in [2.05, 4.69) is 22.3 Å². The molecule has 1 aliphatic heterocycles. The topological polar surface area (TPSA) is 54.5 Å². The van der Waals surface area contributed by atoms with Gasteiger partial charge in [0.25, 0.3) is 5.91 Å². The summed E-state index contributed by atoms with van der Waals surface area (Å²) in [5.41, 5.74) is 1.33. The molecule has 1 N–H and O–H groups in total. The molecular formula is C23H23Cl2N3O2. The highest BCUT2D eigenvalue weighted by Crippen LogP contribution is 2.28. The highest BCUT2D eigenvalue weighted by Gasteiger charge is 2.14. The van der Waals surface area contributed by atoms with Crippen LogP contribution in [0.5, 0.6) is 5.75 Å². The maximum atomic E-state index is 12.3. The molecule has 2 heterocycles. The molecule has 1 aliphatic rings. The molecule has 5 nitrogen and oxygen atoms in total. The van der Waals surface area contributed by atoms with E-state index in [1.807, 2.05) is 18.2 Å². The van der Waals surface area contributed by atoms with Gasteiger partial charge in [-0.25, -0.2) is 4.98 Å². The molecule has 0 spiro atoms. The SMILES string of the molecule is O=C(COc1cccc2ccc(N3CCCCCC3)nc12)Nc1ccc(Cl)c(Cl)c1. The van der Waals surface area contributed by atoms with Gasteiger partial charge in [-0.05, 0) is 49.2 Å². The van der Waals surface area contributed by atoms with Crippen molar-refractivity contribution in [2.45, 2.75) is 25.7 Å². The van der Waals surface area contributed by atoms with Crippen molar-refractivity contribution in [3.8, 4) is 5.75 Å². The number of hydrogen-bond acceptors (Lipinski definition) is 4. The van der Waals surface area contributed by atoms with Crippen LogP contribution in [-0.2, 0) is 4.79 Å². The maximum absolute atomic E-state index is 12.3. The summed E-state index contributed by atoms with van der Waals surface area (Å²) in [5, 5.41) is 4.57. The first-order valence-corrected chi connectivity index (χ1v) is 10.9. The minimum absolute atomic E-state index is 0.130. The molecule has 0 aliphatic carbocycles. The lowest BCUT2D eigenvalue weighted by molar-refractivity contribution is -0.118. The number of aromatic nitrogens is 1. The molecule has 4 rings (SSSR count). The summed E-state index contributed by atoms with van der Waals surface area (Å²) in [6, 6.07) is 14.8. The molecule has 156 valence electrons. The van der Waals surface area contributed by atoms with Crippen molar-refractivity contribution in [3.63, 3.8) is 0 Å². The molecule has 3 aromatic rings. The summed E-state index contributed by atoms with van der Waals surface area (Å²) < 4.78 is 5.82. The van der Waals surface area contributed by atoms with Gasteiger partial charge >= 0.3 is 0 Å².